The SMILES string of the molecule is CC[C@H]1CN2C=C(S[C@@H]3CN[C@H](C)C3)[C@H](C)[C@H]12.C[C@@H](O)[C@H]1C(=O)N2C(C(=O)OC(=O)c3ccc([N+](=O)[O-])cc3)=C(S[C@@H]3CN[C@H](CNS(N)(=O)=O)C3)[C@H](C)[C@H]12.O.O=COC(O)C(O)C(=O)O. The molecule has 26 heteroatoms. The van der Waals surface area contributed by atoms with Crippen LogP contribution in [0, 0.1) is 33.8 Å². The van der Waals surface area contributed by atoms with E-state index >= 15 is 0 Å². The minimum Gasteiger partial charge on any atom is -0.479 e. The van der Waals surface area contributed by atoms with Crippen LogP contribution in [-0.2, 0) is 38.9 Å². The predicted octanol–water partition coefficient (Wildman–Crippen LogP) is -0.626. The fourth-order valence-corrected chi connectivity index (χ4v) is 12.3. The van der Waals surface area contributed by atoms with Gasteiger partial charge in [-0.05, 0) is 51.2 Å². The molecule has 0 bridgehead atoms. The zero-order valence-electron chi connectivity index (χ0n) is 36.8. The molecule has 6 aliphatic rings. The summed E-state index contributed by atoms with van der Waals surface area (Å²) in [5.74, 6) is -3.53. The second-order valence-electron chi connectivity index (χ2n) is 16.8. The van der Waals surface area contributed by atoms with Crippen LogP contribution in [0.3, 0.4) is 0 Å². The zero-order valence-corrected chi connectivity index (χ0v) is 39.3. The number of carboxylic acids is 1. The number of fused-ring (bicyclic) bond motifs is 2. The number of β-lactam (4-membered cyclic amide) rings is 1. The lowest BCUT2D eigenvalue weighted by molar-refractivity contribution is -0.384. The second kappa shape index (κ2) is 23.2. The fourth-order valence-electron chi connectivity index (χ4n) is 8.86. The molecule has 0 saturated carbocycles. The number of nitrogens with two attached hydrogens (primary N) is 1. The van der Waals surface area contributed by atoms with Gasteiger partial charge in [-0.3, -0.25) is 19.7 Å². The molecule has 368 valence electrons. The number of nitro groups is 1. The van der Waals surface area contributed by atoms with Gasteiger partial charge in [0.25, 0.3) is 22.4 Å². The molecule has 6 aliphatic heterocycles. The number of amides is 1. The third-order valence-electron chi connectivity index (χ3n) is 12.2. The number of nitro benzene ring substituents is 1. The van der Waals surface area contributed by atoms with Crippen molar-refractivity contribution in [1.82, 2.24) is 25.2 Å². The van der Waals surface area contributed by atoms with E-state index in [2.05, 4.69) is 63.7 Å². The number of thioether (sulfide) groups is 2. The molecule has 7 rings (SSSR count). The number of hydrogen-bond acceptors (Lipinski definition) is 19. The fraction of sp³-hybridized carbons (Fsp3) is 0.625. The summed E-state index contributed by atoms with van der Waals surface area (Å²) in [6.45, 7) is 13.3. The van der Waals surface area contributed by atoms with Gasteiger partial charge in [0.1, 0.15) is 5.70 Å². The molecule has 0 aliphatic carbocycles. The molecule has 2 unspecified atom stereocenters. The topological polar surface area (TPSA) is 362 Å². The number of carboxylic acid groups (broad SMARTS) is 1. The number of esters is 2. The van der Waals surface area contributed by atoms with Crippen LogP contribution >= 0.6 is 23.5 Å². The first-order chi connectivity index (χ1) is 30.6. The summed E-state index contributed by atoms with van der Waals surface area (Å²) >= 11 is 3.48. The van der Waals surface area contributed by atoms with Crippen LogP contribution in [-0.4, -0.2) is 159 Å². The highest BCUT2D eigenvalue weighted by Gasteiger charge is 2.60. The average Bonchev–Trinajstić information content (AvgIpc) is 3.98. The number of rotatable bonds is 16. The Hall–Kier alpha value is -4.22. The van der Waals surface area contributed by atoms with Gasteiger partial charge in [0.2, 0.25) is 18.3 Å². The highest BCUT2D eigenvalue weighted by molar-refractivity contribution is 8.04. The molecule has 66 heavy (non-hydrogen) atoms. The molecule has 11 N–H and O–H groups in total. The largest absolute Gasteiger partial charge is 0.479 e. The van der Waals surface area contributed by atoms with Crippen molar-refractivity contribution in [2.45, 2.75) is 107 Å². The lowest BCUT2D eigenvalue weighted by atomic mass is 9.79. The number of aliphatic hydroxyl groups excluding tert-OH is 3. The molecule has 4 fully saturated rings. The summed E-state index contributed by atoms with van der Waals surface area (Å²) in [4.78, 5) is 74.3. The predicted molar refractivity (Wildman–Crippen MR) is 240 cm³/mol. The smallest absolute Gasteiger partial charge is 0.363 e. The van der Waals surface area contributed by atoms with E-state index in [1.165, 1.54) is 49.5 Å². The highest BCUT2D eigenvalue weighted by atomic mass is 32.2. The number of aliphatic hydroxyl groups is 3. The lowest BCUT2D eigenvalue weighted by Gasteiger charge is -2.46. The average molecular weight is 990 g/mol. The van der Waals surface area contributed by atoms with Crippen molar-refractivity contribution < 1.29 is 72.7 Å². The zero-order chi connectivity index (χ0) is 48.1. The highest BCUT2D eigenvalue weighted by Crippen LogP contribution is 2.52. The van der Waals surface area contributed by atoms with Crippen molar-refractivity contribution >= 4 is 69.7 Å². The molecule has 0 radical (unpaired) electrons. The van der Waals surface area contributed by atoms with Crippen LogP contribution in [0.4, 0.5) is 5.69 Å². The van der Waals surface area contributed by atoms with Gasteiger partial charge in [-0.15, -0.1) is 23.5 Å². The first kappa shape index (κ1) is 54.4. The van der Waals surface area contributed by atoms with E-state index in [0.29, 0.717) is 23.9 Å². The van der Waals surface area contributed by atoms with E-state index in [4.69, 9.17) is 25.2 Å². The second-order valence-corrected chi connectivity index (χ2v) is 20.9. The van der Waals surface area contributed by atoms with Crippen molar-refractivity contribution in [2.24, 2.45) is 28.8 Å². The third kappa shape index (κ3) is 12.9. The standard InChI is InChI=1S/C22H27N5O9S2.C14H24N2S.C4H6O6.H2O/c1-10-17-16(11(2)28)20(29)26(17)18(19(10)37-15-7-13(24-9-15)8-25-38(23,34)35)22(31)36-21(30)12-3-5-14(6-4-12)27(32)33;1-4-11-7-16-8-13(10(3)14(11)16)17-12-5-9(2)15-6-12;5-1-10-4(9)2(6)3(7)8;/h3-6,10-11,13,15-17,24-25,28H,7-9H2,1-2H3,(H2,23,34,35);8-12,14-15H,4-7H2,1-3H3;1-2,4,6,9H,(H,7,8);1H2/t10-,11-,13+,15+,16-,17-;9-,10+,11+,12+,14-;;/m11../s1. The van der Waals surface area contributed by atoms with Crippen LogP contribution in [0.15, 0.2) is 46.0 Å². The maximum atomic E-state index is 13.2. The molecule has 4 saturated heterocycles. The molecule has 1 aromatic carbocycles. The molecule has 0 spiro atoms. The Bertz CT molecular complexity index is 2130. The Morgan fingerprint density at radius 2 is 1.67 bits per heavy atom. The number of carbonyl (C=O) groups is 5. The number of ether oxygens (including phenoxy) is 2. The van der Waals surface area contributed by atoms with E-state index in [9.17, 15) is 47.6 Å². The number of aliphatic carboxylic acids is 1. The number of hydrogen-bond donors (Lipinski definition) is 8. The number of non-ortho nitro benzene ring substituents is 1. The molecule has 6 heterocycles. The van der Waals surface area contributed by atoms with E-state index < -0.39 is 69.4 Å². The van der Waals surface area contributed by atoms with Crippen LogP contribution < -0.4 is 20.5 Å². The van der Waals surface area contributed by atoms with Crippen molar-refractivity contribution in [3.63, 3.8) is 0 Å². The Balaban J connectivity index is 0.000000278. The maximum Gasteiger partial charge on any atom is 0.363 e. The van der Waals surface area contributed by atoms with Gasteiger partial charge in [-0.1, -0.05) is 20.8 Å². The summed E-state index contributed by atoms with van der Waals surface area (Å²) < 4.78 is 33.4. The van der Waals surface area contributed by atoms with Crippen molar-refractivity contribution in [3.05, 3.63) is 61.7 Å². The molecular formula is C40H59N7O16S3. The normalized spacial score (nSPS) is 29.7. The third-order valence-corrected chi connectivity index (χ3v) is 15.8. The molecular weight excluding hydrogens is 931 g/mol. The minimum atomic E-state index is -3.85. The van der Waals surface area contributed by atoms with Gasteiger partial charge in [0.15, 0.2) is 0 Å². The van der Waals surface area contributed by atoms with Crippen LogP contribution in [0.2, 0.25) is 0 Å². The lowest BCUT2D eigenvalue weighted by Crippen LogP contribution is -2.63. The monoisotopic (exact) mass is 989 g/mol. The molecule has 1 aromatic rings. The van der Waals surface area contributed by atoms with Crippen LogP contribution in [0.5, 0.6) is 0 Å². The number of carbonyl (C=O) groups excluding carboxylic acids is 4. The van der Waals surface area contributed by atoms with E-state index in [1.54, 1.807) is 4.91 Å². The first-order valence-electron chi connectivity index (χ1n) is 21.1. The van der Waals surface area contributed by atoms with Gasteiger partial charge in [-0.25, -0.2) is 24.2 Å². The Labute approximate surface area is 389 Å². The summed E-state index contributed by atoms with van der Waals surface area (Å²) in [5, 5.41) is 58.2. The number of nitrogens with one attached hydrogen (secondary N) is 3. The van der Waals surface area contributed by atoms with Crippen molar-refractivity contribution in [3.8, 4) is 0 Å². The summed E-state index contributed by atoms with van der Waals surface area (Å²) in [6, 6.07) is 5.39. The number of nitrogens with zero attached hydrogens (tertiary/aromatic N) is 3. The summed E-state index contributed by atoms with van der Waals surface area (Å²) in [7, 11) is -3.85. The van der Waals surface area contributed by atoms with Gasteiger partial charge >= 0.3 is 17.9 Å². The summed E-state index contributed by atoms with van der Waals surface area (Å²) in [6.07, 6.45) is 0.619. The van der Waals surface area contributed by atoms with Crippen molar-refractivity contribution in [1.29, 1.82) is 0 Å². The van der Waals surface area contributed by atoms with Gasteiger partial charge in [0, 0.05) is 94.8 Å². The van der Waals surface area contributed by atoms with Crippen molar-refractivity contribution in [2.75, 3.05) is 26.2 Å². The van der Waals surface area contributed by atoms with Crippen LogP contribution in [0.25, 0.3) is 0 Å². The van der Waals surface area contributed by atoms with Gasteiger partial charge < -0.3 is 55.8 Å². The first-order valence-corrected chi connectivity index (χ1v) is 24.4. The van der Waals surface area contributed by atoms with Crippen LogP contribution in [0.1, 0.15) is 64.2 Å². The Kier molecular flexibility index (Phi) is 19.1. The van der Waals surface area contributed by atoms with E-state index in [1.807, 2.05) is 6.92 Å². The molecule has 23 nitrogen and oxygen atoms in total. The quantitative estimate of drug-likeness (QED) is 0.0194. The van der Waals surface area contributed by atoms with E-state index in [-0.39, 0.29) is 52.7 Å². The minimum absolute atomic E-state index is 0. The molecule has 1 amide bonds. The van der Waals surface area contributed by atoms with Gasteiger partial charge in [-0.2, -0.15) is 8.42 Å². The molecule has 13 atom stereocenters. The van der Waals surface area contributed by atoms with E-state index in [0.717, 1.165) is 47.4 Å². The summed E-state index contributed by atoms with van der Waals surface area (Å²) in [5.41, 5.74) is -0.390. The van der Waals surface area contributed by atoms with Gasteiger partial charge in [0.05, 0.1) is 28.6 Å². The maximum absolute atomic E-state index is 13.2. The number of benzene rings is 1. The Morgan fingerprint density at radius 3 is 2.21 bits per heavy atom. The molecule has 0 aromatic heterocycles. The Morgan fingerprint density at radius 1 is 1.03 bits per heavy atom.